The summed E-state index contributed by atoms with van der Waals surface area (Å²) in [6.07, 6.45) is 0. The minimum atomic E-state index is -3.94. The van der Waals surface area contributed by atoms with Crippen molar-refractivity contribution in [1.82, 2.24) is 4.31 Å². The molecule has 0 saturated heterocycles. The van der Waals surface area contributed by atoms with Crippen molar-refractivity contribution in [1.29, 1.82) is 5.26 Å². The fourth-order valence-corrected chi connectivity index (χ4v) is 4.19. The number of hydrogen-bond acceptors (Lipinski definition) is 5. The van der Waals surface area contributed by atoms with Gasteiger partial charge in [0.2, 0.25) is 10.0 Å². The highest BCUT2D eigenvalue weighted by molar-refractivity contribution is 7.89. The van der Waals surface area contributed by atoms with Crippen LogP contribution in [0.25, 0.3) is 0 Å². The third-order valence-electron chi connectivity index (χ3n) is 3.24. The van der Waals surface area contributed by atoms with E-state index in [1.807, 2.05) is 0 Å². The third kappa shape index (κ3) is 3.04. The zero-order chi connectivity index (χ0) is 16.4. The van der Waals surface area contributed by atoms with Crippen molar-refractivity contribution in [3.05, 3.63) is 32.9 Å². The number of aryl methyl sites for hydroxylation is 2. The van der Waals surface area contributed by atoms with E-state index >= 15 is 0 Å². The van der Waals surface area contributed by atoms with Crippen LogP contribution in [0.2, 0.25) is 0 Å². The second kappa shape index (κ2) is 6.20. The summed E-state index contributed by atoms with van der Waals surface area (Å²) in [5.41, 5.74) is 0.755. The molecule has 21 heavy (non-hydrogen) atoms. The zero-order valence-corrected chi connectivity index (χ0v) is 13.2. The van der Waals surface area contributed by atoms with Gasteiger partial charge in [-0.25, -0.2) is 8.42 Å². The van der Waals surface area contributed by atoms with Gasteiger partial charge >= 0.3 is 0 Å². The molecule has 1 aromatic rings. The van der Waals surface area contributed by atoms with Crippen LogP contribution < -0.4 is 0 Å². The Kier molecular flexibility index (Phi) is 5.04. The summed E-state index contributed by atoms with van der Waals surface area (Å²) < 4.78 is 26.3. The smallest absolute Gasteiger partial charge is 0.258 e. The fraction of sp³-hybridized carbons (Fsp3) is 0.462. The fourth-order valence-electron chi connectivity index (χ4n) is 2.41. The molecule has 0 fully saturated rings. The van der Waals surface area contributed by atoms with Crippen LogP contribution in [0.5, 0.6) is 0 Å². The molecule has 0 aliphatic heterocycles. The lowest BCUT2D eigenvalue weighted by Crippen LogP contribution is -2.32. The number of benzene rings is 1. The van der Waals surface area contributed by atoms with Crippen molar-refractivity contribution >= 4 is 15.7 Å². The lowest BCUT2D eigenvalue weighted by molar-refractivity contribution is -0.386. The van der Waals surface area contributed by atoms with Crippen molar-refractivity contribution in [2.24, 2.45) is 0 Å². The van der Waals surface area contributed by atoms with E-state index in [4.69, 9.17) is 5.26 Å². The SMILES string of the molecule is CCN(CC#N)S(=O)(=O)c1c(C)cc(C)c([N+](=O)[O-])c1C. The highest BCUT2D eigenvalue weighted by Crippen LogP contribution is 2.33. The Morgan fingerprint density at radius 1 is 1.33 bits per heavy atom. The summed E-state index contributed by atoms with van der Waals surface area (Å²) in [6.45, 7) is 6.03. The maximum Gasteiger partial charge on any atom is 0.276 e. The molecule has 7 nitrogen and oxygen atoms in total. The van der Waals surface area contributed by atoms with Gasteiger partial charge in [0, 0.05) is 17.7 Å². The van der Waals surface area contributed by atoms with Gasteiger partial charge in [-0.15, -0.1) is 0 Å². The van der Waals surface area contributed by atoms with E-state index in [0.717, 1.165) is 4.31 Å². The second-order valence-corrected chi connectivity index (χ2v) is 6.53. The first kappa shape index (κ1) is 17.1. The maximum atomic E-state index is 12.6. The molecule has 114 valence electrons. The Hall–Kier alpha value is -1.98. The Balaban J connectivity index is 3.68. The molecule has 0 aromatic heterocycles. The van der Waals surface area contributed by atoms with E-state index in [0.29, 0.717) is 11.1 Å². The molecular formula is C13H17N3O4S. The molecule has 0 saturated carbocycles. The van der Waals surface area contributed by atoms with Gasteiger partial charge in [0.05, 0.1) is 15.9 Å². The lowest BCUT2D eigenvalue weighted by Gasteiger charge is -2.20. The number of nitro groups is 1. The molecule has 0 unspecified atom stereocenters. The first-order chi connectivity index (χ1) is 9.68. The standard InChI is InChI=1S/C13H17N3O4S/c1-5-15(7-6-14)21(19,20)13-10(3)8-9(2)12(11(13)4)16(17)18/h8H,5,7H2,1-4H3. The van der Waals surface area contributed by atoms with E-state index in [9.17, 15) is 18.5 Å². The normalized spacial score (nSPS) is 11.4. The summed E-state index contributed by atoms with van der Waals surface area (Å²) >= 11 is 0. The molecule has 0 spiro atoms. The lowest BCUT2D eigenvalue weighted by atomic mass is 10.1. The quantitative estimate of drug-likeness (QED) is 0.470. The molecule has 8 heteroatoms. The van der Waals surface area contributed by atoms with E-state index < -0.39 is 14.9 Å². The van der Waals surface area contributed by atoms with Gasteiger partial charge in [-0.2, -0.15) is 9.57 Å². The van der Waals surface area contributed by atoms with E-state index in [2.05, 4.69) is 0 Å². The van der Waals surface area contributed by atoms with Crippen LogP contribution in [0, 0.1) is 42.2 Å². The first-order valence-corrected chi connectivity index (χ1v) is 7.74. The Morgan fingerprint density at radius 2 is 1.90 bits per heavy atom. The zero-order valence-electron chi connectivity index (χ0n) is 12.4. The van der Waals surface area contributed by atoms with Crippen LogP contribution in [0.15, 0.2) is 11.0 Å². The minimum absolute atomic E-state index is 0.0862. The van der Waals surface area contributed by atoms with Crippen LogP contribution in [-0.4, -0.2) is 30.7 Å². The summed E-state index contributed by atoms with van der Waals surface area (Å²) in [7, 11) is -3.94. The Morgan fingerprint density at radius 3 is 2.33 bits per heavy atom. The molecule has 0 radical (unpaired) electrons. The molecule has 0 heterocycles. The van der Waals surface area contributed by atoms with Gasteiger partial charge in [-0.05, 0) is 32.4 Å². The first-order valence-electron chi connectivity index (χ1n) is 6.30. The maximum absolute atomic E-state index is 12.6. The van der Waals surface area contributed by atoms with Crippen LogP contribution >= 0.6 is 0 Å². The summed E-state index contributed by atoms with van der Waals surface area (Å²) in [5, 5.41) is 19.9. The molecule has 0 aliphatic carbocycles. The van der Waals surface area contributed by atoms with Crippen molar-refractivity contribution in [3.63, 3.8) is 0 Å². The van der Waals surface area contributed by atoms with Crippen LogP contribution in [0.4, 0.5) is 5.69 Å². The highest BCUT2D eigenvalue weighted by Gasteiger charge is 2.31. The molecule has 1 rings (SSSR count). The summed E-state index contributed by atoms with van der Waals surface area (Å²) in [5.74, 6) is 0. The number of nitrogens with zero attached hydrogens (tertiary/aromatic N) is 3. The van der Waals surface area contributed by atoms with Crippen LogP contribution in [0.3, 0.4) is 0 Å². The van der Waals surface area contributed by atoms with Crippen LogP contribution in [0.1, 0.15) is 23.6 Å². The molecule has 1 aromatic carbocycles. The van der Waals surface area contributed by atoms with E-state index in [1.165, 1.54) is 13.0 Å². The monoisotopic (exact) mass is 311 g/mol. The van der Waals surface area contributed by atoms with E-state index in [-0.39, 0.29) is 29.2 Å². The van der Waals surface area contributed by atoms with Gasteiger partial charge in [0.25, 0.3) is 5.69 Å². The number of nitriles is 1. The third-order valence-corrected chi connectivity index (χ3v) is 5.45. The number of rotatable bonds is 5. The molecule has 0 atom stereocenters. The topological polar surface area (TPSA) is 104 Å². The largest absolute Gasteiger partial charge is 0.276 e. The molecule has 0 amide bonds. The molecular weight excluding hydrogens is 294 g/mol. The summed E-state index contributed by atoms with van der Waals surface area (Å²) in [6, 6.07) is 3.28. The summed E-state index contributed by atoms with van der Waals surface area (Å²) in [4.78, 5) is 10.5. The molecule has 0 bridgehead atoms. The van der Waals surface area contributed by atoms with Crippen molar-refractivity contribution in [2.75, 3.05) is 13.1 Å². The average molecular weight is 311 g/mol. The van der Waals surface area contributed by atoms with Gasteiger partial charge < -0.3 is 0 Å². The number of sulfonamides is 1. The van der Waals surface area contributed by atoms with Gasteiger partial charge in [-0.1, -0.05) is 6.92 Å². The van der Waals surface area contributed by atoms with Gasteiger partial charge in [0.15, 0.2) is 0 Å². The van der Waals surface area contributed by atoms with Gasteiger partial charge in [0.1, 0.15) is 6.54 Å². The van der Waals surface area contributed by atoms with Crippen molar-refractivity contribution < 1.29 is 13.3 Å². The molecule has 0 aliphatic rings. The predicted molar refractivity (Wildman–Crippen MR) is 77.4 cm³/mol. The van der Waals surface area contributed by atoms with Crippen molar-refractivity contribution in [3.8, 4) is 6.07 Å². The van der Waals surface area contributed by atoms with Gasteiger partial charge in [-0.3, -0.25) is 10.1 Å². The Labute approximate surface area is 124 Å². The average Bonchev–Trinajstić information content (AvgIpc) is 2.33. The Bertz CT molecular complexity index is 720. The van der Waals surface area contributed by atoms with Crippen molar-refractivity contribution in [2.45, 2.75) is 32.6 Å². The molecule has 0 N–H and O–H groups in total. The number of hydrogen-bond donors (Lipinski definition) is 0. The highest BCUT2D eigenvalue weighted by atomic mass is 32.2. The predicted octanol–water partition coefficient (Wildman–Crippen LogP) is 2.05. The second-order valence-electron chi connectivity index (χ2n) is 4.66. The number of nitro benzene ring substituents is 1. The van der Waals surface area contributed by atoms with Crippen LogP contribution in [-0.2, 0) is 10.0 Å². The minimum Gasteiger partial charge on any atom is -0.258 e. The van der Waals surface area contributed by atoms with E-state index in [1.54, 1.807) is 26.8 Å².